The fourth-order valence-electron chi connectivity index (χ4n) is 1.79. The standard InChI is InChI=1S/C15H22ClN3O2/c1-4-10(2)18-15(21)19-14(20)9-17-11(3)12-7-5-6-8-13(12)16/h5-8,10-11,17H,4,9H2,1-3H3,(H2,18,19,20,21)/p+1/t10-,11+/m1/s1. The number of quaternary nitrogens is 1. The molecule has 0 saturated heterocycles. The van der Waals surface area contributed by atoms with E-state index in [4.69, 9.17) is 11.6 Å². The van der Waals surface area contributed by atoms with Crippen LogP contribution in [-0.2, 0) is 4.79 Å². The first-order chi connectivity index (χ1) is 9.93. The first-order valence-electron chi connectivity index (χ1n) is 7.12. The monoisotopic (exact) mass is 312 g/mol. The zero-order valence-electron chi connectivity index (χ0n) is 12.7. The molecule has 0 aliphatic carbocycles. The molecule has 2 atom stereocenters. The topological polar surface area (TPSA) is 74.8 Å². The first-order valence-corrected chi connectivity index (χ1v) is 7.50. The first kappa shape index (κ1) is 17.5. The van der Waals surface area contributed by atoms with E-state index in [1.165, 1.54) is 0 Å². The van der Waals surface area contributed by atoms with Crippen molar-refractivity contribution in [3.63, 3.8) is 0 Å². The smallest absolute Gasteiger partial charge is 0.321 e. The van der Waals surface area contributed by atoms with Crippen molar-refractivity contribution in [2.75, 3.05) is 6.54 Å². The SMILES string of the molecule is CC[C@@H](C)NC(=O)NC(=O)C[NH2+][C@@H](C)c1ccccc1Cl. The average Bonchev–Trinajstić information content (AvgIpc) is 2.44. The van der Waals surface area contributed by atoms with Crippen molar-refractivity contribution in [3.8, 4) is 0 Å². The third kappa shape index (κ3) is 6.14. The van der Waals surface area contributed by atoms with Crippen molar-refractivity contribution in [3.05, 3.63) is 34.9 Å². The Morgan fingerprint density at radius 3 is 2.57 bits per heavy atom. The summed E-state index contributed by atoms with van der Waals surface area (Å²) in [6.45, 7) is 5.98. The molecule has 1 aromatic rings. The van der Waals surface area contributed by atoms with Gasteiger partial charge in [-0.05, 0) is 26.3 Å². The van der Waals surface area contributed by atoms with Crippen LogP contribution in [-0.4, -0.2) is 24.5 Å². The highest BCUT2D eigenvalue weighted by molar-refractivity contribution is 6.31. The van der Waals surface area contributed by atoms with Crippen molar-refractivity contribution in [1.29, 1.82) is 0 Å². The van der Waals surface area contributed by atoms with Crippen LogP contribution >= 0.6 is 11.6 Å². The highest BCUT2D eigenvalue weighted by Gasteiger charge is 2.15. The molecule has 0 bridgehead atoms. The predicted octanol–water partition coefficient (Wildman–Crippen LogP) is 1.59. The molecule has 6 heteroatoms. The molecule has 3 amide bonds. The molecule has 0 radical (unpaired) electrons. The summed E-state index contributed by atoms with van der Waals surface area (Å²) in [5, 5.41) is 7.51. The maximum Gasteiger partial charge on any atom is 0.321 e. The lowest BCUT2D eigenvalue weighted by Crippen LogP contribution is -2.87. The summed E-state index contributed by atoms with van der Waals surface area (Å²) in [5.41, 5.74) is 0.969. The van der Waals surface area contributed by atoms with Crippen LogP contribution in [0.2, 0.25) is 5.02 Å². The van der Waals surface area contributed by atoms with Crippen LogP contribution in [0.1, 0.15) is 38.8 Å². The van der Waals surface area contributed by atoms with Gasteiger partial charge in [0.25, 0.3) is 5.91 Å². The molecule has 0 aromatic heterocycles. The second-order valence-electron chi connectivity index (χ2n) is 5.08. The van der Waals surface area contributed by atoms with E-state index in [9.17, 15) is 9.59 Å². The second kappa shape index (κ2) is 8.64. The molecule has 116 valence electrons. The molecule has 0 aliphatic rings. The summed E-state index contributed by atoms with van der Waals surface area (Å²) < 4.78 is 0. The summed E-state index contributed by atoms with van der Waals surface area (Å²) in [4.78, 5) is 23.2. The molecule has 0 heterocycles. The largest absolute Gasteiger partial charge is 0.335 e. The molecule has 0 fully saturated rings. The maximum absolute atomic E-state index is 11.7. The number of amides is 3. The Kier molecular flexibility index (Phi) is 7.19. The second-order valence-corrected chi connectivity index (χ2v) is 5.49. The quantitative estimate of drug-likeness (QED) is 0.746. The summed E-state index contributed by atoms with van der Waals surface area (Å²) >= 11 is 6.11. The van der Waals surface area contributed by atoms with E-state index < -0.39 is 6.03 Å². The number of rotatable bonds is 6. The van der Waals surface area contributed by atoms with Gasteiger partial charge in [-0.2, -0.15) is 0 Å². The molecule has 4 N–H and O–H groups in total. The van der Waals surface area contributed by atoms with E-state index in [0.29, 0.717) is 5.02 Å². The van der Waals surface area contributed by atoms with E-state index in [-0.39, 0.29) is 24.5 Å². The molecule has 0 saturated carbocycles. The minimum absolute atomic E-state index is 0.0436. The molecule has 1 rings (SSSR count). The number of halogens is 1. The van der Waals surface area contributed by atoms with E-state index in [2.05, 4.69) is 10.6 Å². The fraction of sp³-hybridized carbons (Fsp3) is 0.467. The molecule has 0 unspecified atom stereocenters. The molecular formula is C15H23ClN3O2+. The Balaban J connectivity index is 2.39. The predicted molar refractivity (Wildman–Crippen MR) is 83.1 cm³/mol. The lowest BCUT2D eigenvalue weighted by atomic mass is 10.1. The highest BCUT2D eigenvalue weighted by Crippen LogP contribution is 2.19. The van der Waals surface area contributed by atoms with Gasteiger partial charge in [-0.25, -0.2) is 4.79 Å². The molecule has 1 aromatic carbocycles. The van der Waals surface area contributed by atoms with Gasteiger partial charge in [0.2, 0.25) is 0 Å². The van der Waals surface area contributed by atoms with Gasteiger partial charge < -0.3 is 10.6 Å². The number of hydrogen-bond acceptors (Lipinski definition) is 2. The van der Waals surface area contributed by atoms with E-state index in [1.54, 1.807) is 0 Å². The number of hydrogen-bond donors (Lipinski definition) is 3. The Morgan fingerprint density at radius 2 is 1.95 bits per heavy atom. The van der Waals surface area contributed by atoms with Gasteiger partial charge in [0.15, 0.2) is 6.54 Å². The van der Waals surface area contributed by atoms with Gasteiger partial charge >= 0.3 is 6.03 Å². The summed E-state index contributed by atoms with van der Waals surface area (Å²) in [5.74, 6) is -0.324. The molecular weight excluding hydrogens is 290 g/mol. The molecule has 21 heavy (non-hydrogen) atoms. The van der Waals surface area contributed by atoms with Gasteiger partial charge in [-0.3, -0.25) is 10.1 Å². The molecule has 5 nitrogen and oxygen atoms in total. The zero-order chi connectivity index (χ0) is 15.8. The normalized spacial score (nSPS) is 13.3. The van der Waals surface area contributed by atoms with Crippen LogP contribution in [0.25, 0.3) is 0 Å². The van der Waals surface area contributed by atoms with Gasteiger partial charge in [0, 0.05) is 16.6 Å². The van der Waals surface area contributed by atoms with Crippen LogP contribution in [0.5, 0.6) is 0 Å². The van der Waals surface area contributed by atoms with E-state index in [0.717, 1.165) is 12.0 Å². The number of carbonyl (C=O) groups is 2. The van der Waals surface area contributed by atoms with Crippen molar-refractivity contribution in [1.82, 2.24) is 10.6 Å². The summed E-state index contributed by atoms with van der Waals surface area (Å²) in [6.07, 6.45) is 0.817. The van der Waals surface area contributed by atoms with Crippen LogP contribution < -0.4 is 16.0 Å². The number of urea groups is 1. The third-order valence-corrected chi connectivity index (χ3v) is 3.64. The van der Waals surface area contributed by atoms with Crippen LogP contribution in [0.3, 0.4) is 0 Å². The Bertz CT molecular complexity index is 494. The Labute approximate surface area is 130 Å². The van der Waals surface area contributed by atoms with Crippen LogP contribution in [0, 0.1) is 0 Å². The van der Waals surface area contributed by atoms with Gasteiger partial charge in [0.1, 0.15) is 6.04 Å². The Hall–Kier alpha value is -1.59. The lowest BCUT2D eigenvalue weighted by Gasteiger charge is -2.13. The third-order valence-electron chi connectivity index (χ3n) is 3.30. The summed E-state index contributed by atoms with van der Waals surface area (Å²) in [7, 11) is 0. The minimum atomic E-state index is -0.451. The van der Waals surface area contributed by atoms with E-state index in [1.807, 2.05) is 50.4 Å². The van der Waals surface area contributed by atoms with Crippen LogP contribution in [0.15, 0.2) is 24.3 Å². The van der Waals surface area contributed by atoms with Crippen molar-refractivity contribution < 1.29 is 14.9 Å². The fourth-order valence-corrected chi connectivity index (χ4v) is 2.10. The van der Waals surface area contributed by atoms with Crippen molar-refractivity contribution in [2.24, 2.45) is 0 Å². The number of nitrogens with two attached hydrogens (primary N) is 1. The number of benzene rings is 1. The van der Waals surface area contributed by atoms with Gasteiger partial charge in [-0.1, -0.05) is 36.7 Å². The molecule has 0 spiro atoms. The number of carbonyl (C=O) groups excluding carboxylic acids is 2. The van der Waals surface area contributed by atoms with Crippen molar-refractivity contribution in [2.45, 2.75) is 39.3 Å². The summed E-state index contributed by atoms with van der Waals surface area (Å²) in [6, 6.07) is 7.16. The number of nitrogens with one attached hydrogen (secondary N) is 2. The van der Waals surface area contributed by atoms with Crippen LogP contribution in [0.4, 0.5) is 4.79 Å². The van der Waals surface area contributed by atoms with Crippen molar-refractivity contribution >= 4 is 23.5 Å². The number of imide groups is 1. The Morgan fingerprint density at radius 1 is 1.29 bits per heavy atom. The van der Waals surface area contributed by atoms with Gasteiger partial charge in [0.05, 0.1) is 0 Å². The molecule has 0 aliphatic heterocycles. The van der Waals surface area contributed by atoms with Gasteiger partial charge in [-0.15, -0.1) is 0 Å². The highest BCUT2D eigenvalue weighted by atomic mass is 35.5. The minimum Gasteiger partial charge on any atom is -0.335 e. The maximum atomic E-state index is 11.7. The lowest BCUT2D eigenvalue weighted by molar-refractivity contribution is -0.682. The average molecular weight is 313 g/mol. The van der Waals surface area contributed by atoms with E-state index >= 15 is 0 Å². The zero-order valence-corrected chi connectivity index (χ0v) is 13.4.